The van der Waals surface area contributed by atoms with E-state index in [4.69, 9.17) is 9.63 Å². The summed E-state index contributed by atoms with van der Waals surface area (Å²) in [5, 5.41) is 12.7. The van der Waals surface area contributed by atoms with E-state index in [-0.39, 0.29) is 12.3 Å². The van der Waals surface area contributed by atoms with Crippen molar-refractivity contribution in [1.82, 2.24) is 15.0 Å². The van der Waals surface area contributed by atoms with Gasteiger partial charge in [0, 0.05) is 25.1 Å². The van der Waals surface area contributed by atoms with Crippen LogP contribution in [-0.4, -0.2) is 45.1 Å². The first-order valence-corrected chi connectivity index (χ1v) is 8.40. The largest absolute Gasteiger partial charge is 0.481 e. The van der Waals surface area contributed by atoms with Crippen LogP contribution in [0, 0.1) is 12.8 Å². The number of aryl methyl sites for hydroxylation is 1. The number of likely N-dealkylation sites (tertiary alicyclic amines) is 1. The van der Waals surface area contributed by atoms with E-state index in [9.17, 15) is 9.59 Å². The quantitative estimate of drug-likeness (QED) is 0.893. The summed E-state index contributed by atoms with van der Waals surface area (Å²) in [6.07, 6.45) is 2.53. The van der Waals surface area contributed by atoms with Crippen molar-refractivity contribution in [1.29, 1.82) is 0 Å². The molecule has 0 radical (unpaired) electrons. The Labute approximate surface area is 145 Å². The Morgan fingerprint density at radius 3 is 2.96 bits per heavy atom. The van der Waals surface area contributed by atoms with Gasteiger partial charge in [-0.3, -0.25) is 9.59 Å². The van der Waals surface area contributed by atoms with Crippen LogP contribution in [0.15, 0.2) is 28.8 Å². The number of carboxylic acid groups (broad SMARTS) is 1. The van der Waals surface area contributed by atoms with Crippen molar-refractivity contribution in [2.45, 2.75) is 32.6 Å². The van der Waals surface area contributed by atoms with Crippen molar-refractivity contribution in [3.63, 3.8) is 0 Å². The summed E-state index contributed by atoms with van der Waals surface area (Å²) in [4.78, 5) is 29.7. The molecule has 0 saturated carbocycles. The number of piperidine rings is 1. The van der Waals surface area contributed by atoms with Gasteiger partial charge in [-0.2, -0.15) is 4.98 Å². The second-order valence-corrected chi connectivity index (χ2v) is 6.47. The summed E-state index contributed by atoms with van der Waals surface area (Å²) >= 11 is 0. The number of aliphatic carboxylic acids is 1. The molecule has 1 unspecified atom stereocenters. The fourth-order valence-corrected chi connectivity index (χ4v) is 3.26. The highest BCUT2D eigenvalue weighted by atomic mass is 16.5. The summed E-state index contributed by atoms with van der Waals surface area (Å²) < 4.78 is 5.18. The topological polar surface area (TPSA) is 96.5 Å². The molecule has 3 rings (SSSR count). The molecule has 7 heteroatoms. The lowest BCUT2D eigenvalue weighted by atomic mass is 9.94. The van der Waals surface area contributed by atoms with Crippen LogP contribution in [0.3, 0.4) is 0 Å². The Hall–Kier alpha value is -2.70. The lowest BCUT2D eigenvalue weighted by Gasteiger charge is -2.32. The van der Waals surface area contributed by atoms with Gasteiger partial charge in [-0.1, -0.05) is 17.3 Å². The van der Waals surface area contributed by atoms with E-state index in [0.717, 1.165) is 12.8 Å². The molecule has 1 saturated heterocycles. The minimum atomic E-state index is -0.905. The monoisotopic (exact) mass is 343 g/mol. The number of carbonyl (C=O) groups is 2. The maximum atomic E-state index is 12.8. The van der Waals surface area contributed by atoms with E-state index in [1.807, 2.05) is 4.90 Å². The zero-order valence-corrected chi connectivity index (χ0v) is 14.1. The van der Waals surface area contributed by atoms with Gasteiger partial charge < -0.3 is 14.5 Å². The molecule has 25 heavy (non-hydrogen) atoms. The molecular weight excluding hydrogens is 322 g/mol. The lowest BCUT2D eigenvalue weighted by Crippen LogP contribution is -2.40. The van der Waals surface area contributed by atoms with Crippen molar-refractivity contribution >= 4 is 11.9 Å². The van der Waals surface area contributed by atoms with Gasteiger partial charge in [0.25, 0.3) is 5.91 Å². The number of hydrogen-bond donors (Lipinski definition) is 1. The minimum Gasteiger partial charge on any atom is -0.481 e. The third kappa shape index (κ3) is 4.43. The van der Waals surface area contributed by atoms with Gasteiger partial charge in [0.1, 0.15) is 0 Å². The number of hydrogen-bond acceptors (Lipinski definition) is 5. The second kappa shape index (κ2) is 7.46. The van der Waals surface area contributed by atoms with Crippen LogP contribution in [0.25, 0.3) is 0 Å². The van der Waals surface area contributed by atoms with Gasteiger partial charge in [0.05, 0.1) is 6.42 Å². The molecule has 7 nitrogen and oxygen atoms in total. The van der Waals surface area contributed by atoms with Crippen LogP contribution in [0.5, 0.6) is 0 Å². The number of rotatable bonds is 5. The molecule has 0 aliphatic carbocycles. The van der Waals surface area contributed by atoms with Crippen molar-refractivity contribution in [2.75, 3.05) is 13.1 Å². The van der Waals surface area contributed by atoms with Crippen LogP contribution in [0.2, 0.25) is 0 Å². The number of amides is 1. The molecule has 2 heterocycles. The summed E-state index contributed by atoms with van der Waals surface area (Å²) in [6.45, 7) is 3.14. The van der Waals surface area contributed by atoms with E-state index < -0.39 is 5.97 Å². The molecule has 2 aromatic rings. The molecule has 1 N–H and O–H groups in total. The maximum Gasteiger partial charge on any atom is 0.307 e. The lowest BCUT2D eigenvalue weighted by molar-refractivity contribution is -0.136. The number of carboxylic acids is 1. The molecule has 132 valence electrons. The third-order valence-corrected chi connectivity index (χ3v) is 4.37. The van der Waals surface area contributed by atoms with Crippen LogP contribution in [0.1, 0.15) is 40.5 Å². The SMILES string of the molecule is Cc1noc(CC2CCCN(C(=O)c3cccc(CC(=O)O)c3)C2)n1. The molecule has 1 aromatic heterocycles. The van der Waals surface area contributed by atoms with E-state index >= 15 is 0 Å². The van der Waals surface area contributed by atoms with E-state index in [1.54, 1.807) is 31.2 Å². The van der Waals surface area contributed by atoms with Crippen molar-refractivity contribution in [3.05, 3.63) is 47.1 Å². The minimum absolute atomic E-state index is 0.0568. The first kappa shape index (κ1) is 17.1. The van der Waals surface area contributed by atoms with Gasteiger partial charge in [-0.25, -0.2) is 0 Å². The zero-order chi connectivity index (χ0) is 17.8. The van der Waals surface area contributed by atoms with Crippen LogP contribution < -0.4 is 0 Å². The van der Waals surface area contributed by atoms with Crippen molar-refractivity contribution < 1.29 is 19.2 Å². The number of nitrogens with zero attached hydrogens (tertiary/aromatic N) is 3. The normalized spacial score (nSPS) is 17.5. The molecule has 0 bridgehead atoms. The predicted molar refractivity (Wildman–Crippen MR) is 89.1 cm³/mol. The van der Waals surface area contributed by atoms with Gasteiger partial charge in [-0.05, 0) is 43.4 Å². The smallest absolute Gasteiger partial charge is 0.307 e. The molecule has 1 fully saturated rings. The average molecular weight is 343 g/mol. The van der Waals surface area contributed by atoms with Crippen molar-refractivity contribution in [3.8, 4) is 0 Å². The highest BCUT2D eigenvalue weighted by Crippen LogP contribution is 2.22. The fourth-order valence-electron chi connectivity index (χ4n) is 3.26. The molecular formula is C18H21N3O4. The average Bonchev–Trinajstić information content (AvgIpc) is 2.99. The third-order valence-electron chi connectivity index (χ3n) is 4.37. The van der Waals surface area contributed by atoms with Gasteiger partial charge >= 0.3 is 5.97 Å². The first-order valence-electron chi connectivity index (χ1n) is 8.40. The van der Waals surface area contributed by atoms with Crippen molar-refractivity contribution in [2.24, 2.45) is 5.92 Å². The van der Waals surface area contributed by atoms with Gasteiger partial charge in [-0.15, -0.1) is 0 Å². The van der Waals surface area contributed by atoms with E-state index in [1.165, 1.54) is 0 Å². The molecule has 1 amide bonds. The Bertz CT molecular complexity index is 771. The maximum absolute atomic E-state index is 12.8. The Morgan fingerprint density at radius 2 is 2.24 bits per heavy atom. The Morgan fingerprint density at radius 1 is 1.40 bits per heavy atom. The predicted octanol–water partition coefficient (Wildman–Crippen LogP) is 2.10. The summed E-state index contributed by atoms with van der Waals surface area (Å²) in [6, 6.07) is 6.86. The highest BCUT2D eigenvalue weighted by Gasteiger charge is 2.26. The van der Waals surface area contributed by atoms with Crippen LogP contribution >= 0.6 is 0 Å². The molecule has 1 atom stereocenters. The summed E-state index contributed by atoms with van der Waals surface area (Å²) in [5.41, 5.74) is 1.17. The molecule has 1 aromatic carbocycles. The summed E-state index contributed by atoms with van der Waals surface area (Å²) in [5.74, 6) is 0.560. The van der Waals surface area contributed by atoms with Crippen LogP contribution in [0.4, 0.5) is 0 Å². The number of benzene rings is 1. The highest BCUT2D eigenvalue weighted by molar-refractivity contribution is 5.94. The fraction of sp³-hybridized carbons (Fsp3) is 0.444. The van der Waals surface area contributed by atoms with Gasteiger partial charge in [0.2, 0.25) is 5.89 Å². The Kier molecular flexibility index (Phi) is 5.11. The van der Waals surface area contributed by atoms with E-state index in [2.05, 4.69) is 10.1 Å². The summed E-state index contributed by atoms with van der Waals surface area (Å²) in [7, 11) is 0. The molecule has 0 spiro atoms. The van der Waals surface area contributed by atoms with Gasteiger partial charge in [0.15, 0.2) is 5.82 Å². The second-order valence-electron chi connectivity index (χ2n) is 6.47. The molecule has 1 aliphatic rings. The van der Waals surface area contributed by atoms with E-state index in [0.29, 0.717) is 48.3 Å². The standard InChI is InChI=1S/C18H21N3O4/c1-12-19-16(25-20-12)9-14-5-3-7-21(11-14)18(24)15-6-2-4-13(8-15)10-17(22)23/h2,4,6,8,14H,3,5,7,9-11H2,1H3,(H,22,23). The Balaban J connectivity index is 1.66. The first-order chi connectivity index (χ1) is 12.0. The van der Waals surface area contributed by atoms with Crippen LogP contribution in [-0.2, 0) is 17.6 Å². The molecule has 1 aliphatic heterocycles. The zero-order valence-electron chi connectivity index (χ0n) is 14.1. The number of carbonyl (C=O) groups excluding carboxylic acids is 1. The number of aromatic nitrogens is 2.